The molecule has 1 heteroatoms. The fourth-order valence-electron chi connectivity index (χ4n) is 3.33. The molecule has 0 radical (unpaired) electrons. The van der Waals surface area contributed by atoms with Crippen LogP contribution < -0.4 is 5.32 Å². The van der Waals surface area contributed by atoms with Crippen LogP contribution in [-0.2, 0) is 0 Å². The van der Waals surface area contributed by atoms with Gasteiger partial charge in [-0.05, 0) is 55.9 Å². The molecule has 2 unspecified atom stereocenters. The van der Waals surface area contributed by atoms with Gasteiger partial charge in [0.05, 0.1) is 0 Å². The average molecular weight is 251 g/mol. The molecule has 106 valence electrons. The maximum absolute atomic E-state index is 3.78. The quantitative estimate of drug-likeness (QED) is 0.695. The summed E-state index contributed by atoms with van der Waals surface area (Å²) in [6.07, 6.45) is 13.1. The van der Waals surface area contributed by atoms with Gasteiger partial charge in [0.2, 0.25) is 0 Å². The van der Waals surface area contributed by atoms with Gasteiger partial charge in [0, 0.05) is 6.04 Å². The molecule has 0 amide bonds. The van der Waals surface area contributed by atoms with E-state index in [9.17, 15) is 0 Å². The second kappa shape index (κ2) is 6.41. The summed E-state index contributed by atoms with van der Waals surface area (Å²) in [4.78, 5) is 0. The van der Waals surface area contributed by atoms with Crippen LogP contribution in [0.15, 0.2) is 0 Å². The lowest BCUT2D eigenvalue weighted by atomic mass is 9.79. The van der Waals surface area contributed by atoms with Gasteiger partial charge < -0.3 is 5.32 Å². The first kappa shape index (κ1) is 14.4. The molecule has 1 N–H and O–H groups in total. The summed E-state index contributed by atoms with van der Waals surface area (Å²) in [6, 6.07) is 0.886. The summed E-state index contributed by atoms with van der Waals surface area (Å²) in [5, 5.41) is 3.78. The van der Waals surface area contributed by atoms with Crippen LogP contribution in [-0.4, -0.2) is 12.6 Å². The molecule has 18 heavy (non-hydrogen) atoms. The van der Waals surface area contributed by atoms with Gasteiger partial charge in [-0.25, -0.2) is 0 Å². The van der Waals surface area contributed by atoms with Gasteiger partial charge in [0.25, 0.3) is 0 Å². The molecular weight excluding hydrogens is 218 g/mol. The van der Waals surface area contributed by atoms with Crippen molar-refractivity contribution in [3.05, 3.63) is 0 Å². The fraction of sp³-hybridized carbons (Fsp3) is 1.00. The number of hydrogen-bond donors (Lipinski definition) is 1. The lowest BCUT2D eigenvalue weighted by Gasteiger charge is -2.28. The van der Waals surface area contributed by atoms with Gasteiger partial charge in [-0.3, -0.25) is 0 Å². The third-order valence-electron chi connectivity index (χ3n) is 4.83. The van der Waals surface area contributed by atoms with E-state index in [1.165, 1.54) is 64.3 Å². The van der Waals surface area contributed by atoms with Crippen molar-refractivity contribution in [2.45, 2.75) is 84.6 Å². The Balaban J connectivity index is 1.80. The number of hydrogen-bond acceptors (Lipinski definition) is 1. The van der Waals surface area contributed by atoms with Crippen LogP contribution in [0.4, 0.5) is 0 Å². The zero-order valence-electron chi connectivity index (χ0n) is 12.8. The average Bonchev–Trinajstić information content (AvgIpc) is 3.10. The van der Waals surface area contributed by atoms with E-state index in [4.69, 9.17) is 0 Å². The van der Waals surface area contributed by atoms with Crippen molar-refractivity contribution in [3.8, 4) is 0 Å². The first-order chi connectivity index (χ1) is 8.54. The van der Waals surface area contributed by atoms with Crippen molar-refractivity contribution in [3.63, 3.8) is 0 Å². The predicted molar refractivity (Wildman–Crippen MR) is 79.8 cm³/mol. The zero-order valence-corrected chi connectivity index (χ0v) is 12.8. The van der Waals surface area contributed by atoms with Gasteiger partial charge in [0.1, 0.15) is 0 Å². The van der Waals surface area contributed by atoms with Crippen molar-refractivity contribution in [1.82, 2.24) is 5.32 Å². The molecule has 0 aromatic rings. The molecule has 0 bridgehead atoms. The maximum atomic E-state index is 3.78. The standard InChI is InChI=1S/C17H33N/c1-17(2,3)12-11-14-7-5-4-6-8-15(14)13-18-16-9-10-16/h14-16,18H,4-13H2,1-3H3. The smallest absolute Gasteiger partial charge is 0.00683 e. The molecule has 2 saturated carbocycles. The topological polar surface area (TPSA) is 12.0 Å². The highest BCUT2D eigenvalue weighted by Gasteiger charge is 2.27. The highest BCUT2D eigenvalue weighted by molar-refractivity contribution is 4.84. The lowest BCUT2D eigenvalue weighted by Crippen LogP contribution is -2.29. The monoisotopic (exact) mass is 251 g/mol. The summed E-state index contributed by atoms with van der Waals surface area (Å²) in [6.45, 7) is 8.48. The van der Waals surface area contributed by atoms with Crippen LogP contribution in [0.1, 0.15) is 78.6 Å². The Hall–Kier alpha value is -0.0400. The van der Waals surface area contributed by atoms with Gasteiger partial charge >= 0.3 is 0 Å². The summed E-state index contributed by atoms with van der Waals surface area (Å²) >= 11 is 0. The van der Waals surface area contributed by atoms with Crippen molar-refractivity contribution >= 4 is 0 Å². The first-order valence-electron chi connectivity index (χ1n) is 8.28. The molecular formula is C17H33N. The third kappa shape index (κ3) is 5.30. The second-order valence-corrected chi connectivity index (χ2v) is 7.94. The van der Waals surface area contributed by atoms with Crippen molar-refractivity contribution < 1.29 is 0 Å². The van der Waals surface area contributed by atoms with Crippen LogP contribution >= 0.6 is 0 Å². The van der Waals surface area contributed by atoms with E-state index < -0.39 is 0 Å². The fourth-order valence-corrected chi connectivity index (χ4v) is 3.33. The Bertz CT molecular complexity index is 236. The Morgan fingerprint density at radius 1 is 0.889 bits per heavy atom. The van der Waals surface area contributed by atoms with E-state index in [1.807, 2.05) is 0 Å². The minimum atomic E-state index is 0.515. The van der Waals surface area contributed by atoms with Crippen LogP contribution in [0.5, 0.6) is 0 Å². The van der Waals surface area contributed by atoms with E-state index in [0.717, 1.165) is 17.9 Å². The normalized spacial score (nSPS) is 30.2. The van der Waals surface area contributed by atoms with E-state index in [1.54, 1.807) is 0 Å². The van der Waals surface area contributed by atoms with Crippen molar-refractivity contribution in [2.24, 2.45) is 17.3 Å². The minimum absolute atomic E-state index is 0.515. The largest absolute Gasteiger partial charge is 0.314 e. The Morgan fingerprint density at radius 2 is 1.56 bits per heavy atom. The third-order valence-corrected chi connectivity index (χ3v) is 4.83. The number of rotatable bonds is 5. The Morgan fingerprint density at radius 3 is 2.17 bits per heavy atom. The molecule has 2 aliphatic rings. The van der Waals surface area contributed by atoms with Gasteiger partial charge in [0.15, 0.2) is 0 Å². The molecule has 2 aliphatic carbocycles. The lowest BCUT2D eigenvalue weighted by molar-refractivity contribution is 0.239. The minimum Gasteiger partial charge on any atom is -0.314 e. The van der Waals surface area contributed by atoms with Crippen LogP contribution in [0.25, 0.3) is 0 Å². The molecule has 2 atom stereocenters. The van der Waals surface area contributed by atoms with E-state index in [0.29, 0.717) is 5.41 Å². The van der Waals surface area contributed by atoms with Crippen LogP contribution in [0.3, 0.4) is 0 Å². The van der Waals surface area contributed by atoms with Gasteiger partial charge in [-0.2, -0.15) is 0 Å². The second-order valence-electron chi connectivity index (χ2n) is 7.94. The van der Waals surface area contributed by atoms with Crippen LogP contribution in [0, 0.1) is 17.3 Å². The van der Waals surface area contributed by atoms with E-state index in [2.05, 4.69) is 26.1 Å². The summed E-state index contributed by atoms with van der Waals surface area (Å²) in [5.74, 6) is 1.97. The highest BCUT2D eigenvalue weighted by Crippen LogP contribution is 2.35. The molecule has 0 spiro atoms. The van der Waals surface area contributed by atoms with Crippen molar-refractivity contribution in [1.29, 1.82) is 0 Å². The molecule has 2 fully saturated rings. The summed E-state index contributed by atoms with van der Waals surface area (Å²) in [5.41, 5.74) is 0.515. The zero-order chi connectivity index (χ0) is 13.0. The molecule has 0 aromatic heterocycles. The number of nitrogens with one attached hydrogen (secondary N) is 1. The summed E-state index contributed by atoms with van der Waals surface area (Å²) < 4.78 is 0. The van der Waals surface area contributed by atoms with E-state index in [-0.39, 0.29) is 0 Å². The molecule has 0 aromatic carbocycles. The van der Waals surface area contributed by atoms with Crippen molar-refractivity contribution in [2.75, 3.05) is 6.54 Å². The van der Waals surface area contributed by atoms with Gasteiger partial charge in [-0.15, -0.1) is 0 Å². The highest BCUT2D eigenvalue weighted by atomic mass is 14.9. The molecule has 0 aliphatic heterocycles. The maximum Gasteiger partial charge on any atom is 0.00683 e. The first-order valence-corrected chi connectivity index (χ1v) is 8.28. The van der Waals surface area contributed by atoms with Gasteiger partial charge in [-0.1, -0.05) is 46.5 Å². The summed E-state index contributed by atoms with van der Waals surface area (Å²) in [7, 11) is 0. The Labute approximate surface area is 114 Å². The predicted octanol–water partition coefficient (Wildman–Crippen LogP) is 4.76. The molecule has 0 saturated heterocycles. The molecule has 1 nitrogen and oxygen atoms in total. The van der Waals surface area contributed by atoms with Crippen LogP contribution in [0.2, 0.25) is 0 Å². The molecule has 2 rings (SSSR count). The Kier molecular flexibility index (Phi) is 5.12. The molecule has 0 heterocycles. The SMILES string of the molecule is CC(C)(C)CCC1CCCCCC1CNC1CC1. The van der Waals surface area contributed by atoms with E-state index >= 15 is 0 Å².